The molecule has 1 amide bonds. The second-order valence-corrected chi connectivity index (χ2v) is 7.36. The van der Waals surface area contributed by atoms with Crippen LogP contribution in [0.25, 0.3) is 17.6 Å². The van der Waals surface area contributed by atoms with Crippen molar-refractivity contribution in [3.05, 3.63) is 35.8 Å². The highest BCUT2D eigenvalue weighted by atomic mass is 16.5. The van der Waals surface area contributed by atoms with Crippen LogP contribution in [0.3, 0.4) is 0 Å². The van der Waals surface area contributed by atoms with Crippen molar-refractivity contribution in [2.75, 3.05) is 13.2 Å². The Labute approximate surface area is 167 Å². The van der Waals surface area contributed by atoms with Gasteiger partial charge in [-0.3, -0.25) is 4.79 Å². The summed E-state index contributed by atoms with van der Waals surface area (Å²) in [6, 6.07) is 7.57. The van der Waals surface area contributed by atoms with Gasteiger partial charge in [-0.1, -0.05) is 0 Å². The van der Waals surface area contributed by atoms with Crippen LogP contribution in [0.4, 0.5) is 0 Å². The minimum Gasteiger partial charge on any atom is -0.496 e. The van der Waals surface area contributed by atoms with Crippen LogP contribution in [0.2, 0.25) is 0 Å². The predicted octanol–water partition coefficient (Wildman–Crippen LogP) is 3.65. The van der Waals surface area contributed by atoms with Gasteiger partial charge in [-0.2, -0.15) is 0 Å². The third-order valence-corrected chi connectivity index (χ3v) is 4.41. The first kappa shape index (κ1) is 19.9. The lowest BCUT2D eigenvalue weighted by Crippen LogP contribution is -2.35. The minimum atomic E-state index is -0.0642. The van der Waals surface area contributed by atoms with E-state index in [1.165, 1.54) is 19.8 Å². The van der Waals surface area contributed by atoms with Crippen LogP contribution in [0, 0.1) is 12.8 Å². The summed E-state index contributed by atoms with van der Waals surface area (Å²) < 4.78 is 13.2. The average molecular weight is 386 g/mol. The van der Waals surface area contributed by atoms with E-state index >= 15 is 0 Å². The molecule has 1 atom stereocenters. The Bertz CT molecular complexity index is 844. The molecule has 1 fully saturated rings. The van der Waals surface area contributed by atoms with Crippen molar-refractivity contribution in [1.29, 1.82) is 0 Å². The largest absolute Gasteiger partial charge is 0.496 e. The number of nitrogens with one attached hydrogen (secondary N) is 1. The SMILES string of the molecule is CC(=O)N[C@@H](C)COc1ccc(-c2nc(C)n(/C=C(\C)OCC3CC3)n2)cc1.[HH]. The number of carbonyl (C=O) groups is 1. The highest BCUT2D eigenvalue weighted by Crippen LogP contribution is 2.29. The van der Waals surface area contributed by atoms with Crippen LogP contribution in [0.15, 0.2) is 30.0 Å². The third-order valence-electron chi connectivity index (χ3n) is 4.41. The van der Waals surface area contributed by atoms with Crippen LogP contribution in [-0.2, 0) is 9.53 Å². The Morgan fingerprint density at radius 3 is 2.71 bits per heavy atom. The maximum atomic E-state index is 11.0. The summed E-state index contributed by atoms with van der Waals surface area (Å²) in [5.41, 5.74) is 0.911. The number of allylic oxidation sites excluding steroid dienone is 1. The van der Waals surface area contributed by atoms with E-state index in [1.807, 2.05) is 51.2 Å². The van der Waals surface area contributed by atoms with E-state index in [0.29, 0.717) is 12.4 Å². The standard InChI is InChI=1S/C21H28N4O3.H2/c1-14(22-17(4)26)12-28-20-9-7-19(8-10-20)21-23-16(3)25(24-21)11-15(2)27-13-18-5-6-18;/h7-11,14,18H,5-6,12-13H2,1-4H3,(H,22,26);1H/b15-11+;/t14-;/m0./s1. The fourth-order valence-corrected chi connectivity index (χ4v) is 2.70. The molecule has 0 saturated heterocycles. The first-order valence-corrected chi connectivity index (χ1v) is 9.65. The molecule has 1 aliphatic rings. The van der Waals surface area contributed by atoms with E-state index in [9.17, 15) is 4.79 Å². The Morgan fingerprint density at radius 1 is 1.36 bits per heavy atom. The molecule has 3 rings (SSSR count). The highest BCUT2D eigenvalue weighted by Gasteiger charge is 2.21. The van der Waals surface area contributed by atoms with Crippen LogP contribution in [0.1, 0.15) is 40.9 Å². The molecule has 0 radical (unpaired) electrons. The van der Waals surface area contributed by atoms with E-state index < -0.39 is 0 Å². The van der Waals surface area contributed by atoms with Gasteiger partial charge in [0.05, 0.1) is 18.8 Å². The molecule has 1 heterocycles. The molecular formula is C21H30N4O3. The average Bonchev–Trinajstić information content (AvgIpc) is 3.41. The van der Waals surface area contributed by atoms with Gasteiger partial charge >= 0.3 is 0 Å². The maximum Gasteiger partial charge on any atom is 0.217 e. The fourth-order valence-electron chi connectivity index (χ4n) is 2.70. The van der Waals surface area contributed by atoms with Gasteiger partial charge in [-0.05, 0) is 63.8 Å². The van der Waals surface area contributed by atoms with E-state index in [1.54, 1.807) is 4.68 Å². The molecule has 0 unspecified atom stereocenters. The topological polar surface area (TPSA) is 78.3 Å². The van der Waals surface area contributed by atoms with Crippen LogP contribution < -0.4 is 10.1 Å². The molecule has 1 saturated carbocycles. The van der Waals surface area contributed by atoms with Crippen LogP contribution in [-0.4, -0.2) is 39.9 Å². The smallest absolute Gasteiger partial charge is 0.217 e. The van der Waals surface area contributed by atoms with E-state index in [-0.39, 0.29) is 13.4 Å². The van der Waals surface area contributed by atoms with Crippen molar-refractivity contribution in [3.8, 4) is 17.1 Å². The Hall–Kier alpha value is -2.83. The van der Waals surface area contributed by atoms with Gasteiger partial charge in [-0.15, -0.1) is 5.10 Å². The van der Waals surface area contributed by atoms with Gasteiger partial charge in [-0.25, -0.2) is 9.67 Å². The molecule has 7 heteroatoms. The minimum absolute atomic E-state index is 0. The van der Waals surface area contributed by atoms with Gasteiger partial charge in [0, 0.05) is 13.9 Å². The first-order chi connectivity index (χ1) is 13.4. The lowest BCUT2D eigenvalue weighted by atomic mass is 10.2. The summed E-state index contributed by atoms with van der Waals surface area (Å²) in [5.74, 6) is 3.68. The number of rotatable bonds is 9. The highest BCUT2D eigenvalue weighted by molar-refractivity contribution is 5.73. The number of hydrogen-bond acceptors (Lipinski definition) is 5. The lowest BCUT2D eigenvalue weighted by Gasteiger charge is -2.13. The van der Waals surface area contributed by atoms with Crippen molar-refractivity contribution in [2.45, 2.75) is 46.6 Å². The summed E-state index contributed by atoms with van der Waals surface area (Å²) in [5, 5.41) is 7.35. The molecule has 0 aliphatic heterocycles. The molecule has 1 aromatic carbocycles. The Kier molecular flexibility index (Phi) is 6.34. The molecular weight excluding hydrogens is 356 g/mol. The van der Waals surface area contributed by atoms with Crippen molar-refractivity contribution >= 4 is 12.1 Å². The Balaban J connectivity index is 0.00000300. The zero-order valence-electron chi connectivity index (χ0n) is 16.9. The number of aromatic nitrogens is 3. The second kappa shape index (κ2) is 8.91. The van der Waals surface area contributed by atoms with Gasteiger partial charge in [0.2, 0.25) is 5.91 Å². The number of amides is 1. The first-order valence-electron chi connectivity index (χ1n) is 9.65. The van der Waals surface area contributed by atoms with Crippen molar-refractivity contribution in [2.24, 2.45) is 5.92 Å². The molecule has 1 aromatic heterocycles. The van der Waals surface area contributed by atoms with Crippen molar-refractivity contribution < 1.29 is 15.7 Å². The van der Waals surface area contributed by atoms with Crippen molar-refractivity contribution in [1.82, 2.24) is 20.1 Å². The predicted molar refractivity (Wildman–Crippen MR) is 110 cm³/mol. The molecule has 2 aromatic rings. The van der Waals surface area contributed by atoms with E-state index in [4.69, 9.17) is 9.47 Å². The number of nitrogens with zero attached hydrogens (tertiary/aromatic N) is 3. The number of hydrogen-bond donors (Lipinski definition) is 1. The summed E-state index contributed by atoms with van der Waals surface area (Å²) in [6.07, 6.45) is 4.41. The normalized spacial score (nSPS) is 15.2. The molecule has 0 spiro atoms. The molecule has 1 aliphatic carbocycles. The zero-order valence-corrected chi connectivity index (χ0v) is 16.9. The Morgan fingerprint density at radius 2 is 2.07 bits per heavy atom. The van der Waals surface area contributed by atoms with Crippen molar-refractivity contribution in [3.63, 3.8) is 0 Å². The molecule has 28 heavy (non-hydrogen) atoms. The lowest BCUT2D eigenvalue weighted by molar-refractivity contribution is -0.119. The van der Waals surface area contributed by atoms with Crippen LogP contribution in [0.5, 0.6) is 5.75 Å². The van der Waals surface area contributed by atoms with Gasteiger partial charge in [0.1, 0.15) is 23.9 Å². The number of aryl methyl sites for hydroxylation is 1. The van der Waals surface area contributed by atoms with Crippen LogP contribution >= 0.6 is 0 Å². The number of carbonyl (C=O) groups excluding carboxylic acids is 1. The summed E-state index contributed by atoms with van der Waals surface area (Å²) >= 11 is 0. The molecule has 1 N–H and O–H groups in total. The molecule has 0 bridgehead atoms. The monoisotopic (exact) mass is 386 g/mol. The van der Waals surface area contributed by atoms with E-state index in [0.717, 1.165) is 35.4 Å². The van der Waals surface area contributed by atoms with Gasteiger partial charge < -0.3 is 14.8 Å². The third kappa shape index (κ3) is 5.84. The quantitative estimate of drug-likeness (QED) is 0.666. The summed E-state index contributed by atoms with van der Waals surface area (Å²) in [4.78, 5) is 15.6. The zero-order chi connectivity index (χ0) is 20.1. The molecule has 152 valence electrons. The summed E-state index contributed by atoms with van der Waals surface area (Å²) in [7, 11) is 0. The maximum absolute atomic E-state index is 11.0. The number of ether oxygens (including phenoxy) is 2. The number of benzene rings is 1. The van der Waals surface area contributed by atoms with E-state index in [2.05, 4.69) is 15.4 Å². The fraction of sp³-hybridized carbons (Fsp3) is 0.476. The molecule has 7 nitrogen and oxygen atoms in total. The van der Waals surface area contributed by atoms with Gasteiger partial charge in [0.25, 0.3) is 0 Å². The summed E-state index contributed by atoms with van der Waals surface area (Å²) in [6.45, 7) is 8.45. The second-order valence-electron chi connectivity index (χ2n) is 7.36. The van der Waals surface area contributed by atoms with Gasteiger partial charge in [0.15, 0.2) is 5.82 Å².